The molecule has 0 aromatic carbocycles. The molecule has 3 rings (SSSR count). The molecule has 3 heterocycles. The van der Waals surface area contributed by atoms with Crippen LogP contribution in [0.4, 0.5) is 0 Å². The first-order valence-electron chi connectivity index (χ1n) is 7.69. The Bertz CT molecular complexity index is 738. The molecule has 120 valence electrons. The number of pyridine rings is 1. The monoisotopic (exact) mass is 314 g/mol. The van der Waals surface area contributed by atoms with E-state index in [9.17, 15) is 9.59 Å². The number of carbonyl (C=O) groups excluding carboxylic acids is 1. The number of aromatic carboxylic acids is 1. The molecule has 1 atom stereocenters. The summed E-state index contributed by atoms with van der Waals surface area (Å²) >= 11 is 0. The predicted molar refractivity (Wildman–Crippen MR) is 82.3 cm³/mol. The molecule has 0 aliphatic carbocycles. The van der Waals surface area contributed by atoms with Gasteiger partial charge in [0.25, 0.3) is 5.91 Å². The summed E-state index contributed by atoms with van der Waals surface area (Å²) in [5.41, 5.74) is 0.212. The number of hydrogen-bond acceptors (Lipinski definition) is 4. The van der Waals surface area contributed by atoms with Gasteiger partial charge in [0.15, 0.2) is 0 Å². The summed E-state index contributed by atoms with van der Waals surface area (Å²) in [5.74, 6) is 0.361. The number of hydrogen-bond donors (Lipinski definition) is 1. The molecule has 1 fully saturated rings. The lowest BCUT2D eigenvalue weighted by Crippen LogP contribution is -2.30. The molecule has 0 bridgehead atoms. The van der Waals surface area contributed by atoms with Gasteiger partial charge in [0.05, 0.1) is 6.04 Å². The van der Waals surface area contributed by atoms with Crippen LogP contribution in [0.15, 0.2) is 34.9 Å². The molecular weight excluding hydrogens is 296 g/mol. The number of nitrogens with zero attached hydrogens (tertiary/aromatic N) is 2. The molecule has 0 radical (unpaired) electrons. The average Bonchev–Trinajstić information content (AvgIpc) is 3.22. The lowest BCUT2D eigenvalue weighted by atomic mass is 10.1. The molecule has 1 amide bonds. The van der Waals surface area contributed by atoms with E-state index in [0.717, 1.165) is 30.8 Å². The van der Waals surface area contributed by atoms with Crippen molar-refractivity contribution in [2.45, 2.75) is 32.2 Å². The third kappa shape index (κ3) is 2.97. The smallest absolute Gasteiger partial charge is 0.354 e. The summed E-state index contributed by atoms with van der Waals surface area (Å²) in [6.07, 6.45) is 3.91. The van der Waals surface area contributed by atoms with E-state index in [1.807, 2.05) is 19.1 Å². The Balaban J connectivity index is 1.86. The number of rotatable bonds is 4. The van der Waals surface area contributed by atoms with Crippen LogP contribution >= 0.6 is 0 Å². The highest BCUT2D eigenvalue weighted by molar-refractivity contribution is 5.97. The van der Waals surface area contributed by atoms with Crippen LogP contribution in [0.25, 0.3) is 0 Å². The van der Waals surface area contributed by atoms with Crippen LogP contribution in [0.5, 0.6) is 0 Å². The number of furan rings is 1. The van der Waals surface area contributed by atoms with Crippen molar-refractivity contribution in [3.63, 3.8) is 0 Å². The minimum Gasteiger partial charge on any atom is -0.477 e. The Kier molecular flexibility index (Phi) is 4.14. The fraction of sp³-hybridized carbons (Fsp3) is 0.353. The van der Waals surface area contributed by atoms with Gasteiger partial charge < -0.3 is 14.4 Å². The van der Waals surface area contributed by atoms with Gasteiger partial charge in [0.1, 0.15) is 17.2 Å². The number of carboxylic acid groups (broad SMARTS) is 1. The van der Waals surface area contributed by atoms with Gasteiger partial charge in [-0.1, -0.05) is 6.92 Å². The van der Waals surface area contributed by atoms with Crippen molar-refractivity contribution in [3.05, 3.63) is 53.2 Å². The van der Waals surface area contributed by atoms with Crippen molar-refractivity contribution in [3.8, 4) is 0 Å². The van der Waals surface area contributed by atoms with Crippen molar-refractivity contribution >= 4 is 11.9 Å². The molecule has 2 aromatic heterocycles. The minimum atomic E-state index is -1.14. The van der Waals surface area contributed by atoms with Gasteiger partial charge in [-0.15, -0.1) is 0 Å². The zero-order chi connectivity index (χ0) is 16.4. The average molecular weight is 314 g/mol. The zero-order valence-corrected chi connectivity index (χ0v) is 12.9. The maximum absolute atomic E-state index is 12.7. The highest BCUT2D eigenvalue weighted by Crippen LogP contribution is 2.34. The SMILES string of the molecule is CCc1ccc(C2CCCN2C(=O)c2ccnc(C(=O)O)c2)o1. The van der Waals surface area contributed by atoms with Crippen LogP contribution in [0.2, 0.25) is 0 Å². The van der Waals surface area contributed by atoms with Crippen LogP contribution in [-0.2, 0) is 6.42 Å². The molecule has 1 aliphatic heterocycles. The van der Waals surface area contributed by atoms with E-state index in [1.54, 1.807) is 11.0 Å². The number of carboxylic acids is 1. The Morgan fingerprint density at radius 3 is 2.91 bits per heavy atom. The van der Waals surface area contributed by atoms with Crippen LogP contribution in [0.1, 0.15) is 58.2 Å². The molecule has 0 spiro atoms. The highest BCUT2D eigenvalue weighted by atomic mass is 16.4. The molecule has 2 aromatic rings. The molecule has 6 nitrogen and oxygen atoms in total. The summed E-state index contributed by atoms with van der Waals surface area (Å²) in [4.78, 5) is 29.3. The van der Waals surface area contributed by atoms with Crippen LogP contribution in [-0.4, -0.2) is 33.4 Å². The second kappa shape index (κ2) is 6.24. The molecule has 1 unspecified atom stereocenters. The Hall–Kier alpha value is -2.63. The summed E-state index contributed by atoms with van der Waals surface area (Å²) in [7, 11) is 0. The summed E-state index contributed by atoms with van der Waals surface area (Å²) in [6, 6.07) is 6.63. The first-order valence-corrected chi connectivity index (χ1v) is 7.69. The number of aromatic nitrogens is 1. The number of amides is 1. The van der Waals surface area contributed by atoms with Gasteiger partial charge in [-0.3, -0.25) is 4.79 Å². The number of likely N-dealkylation sites (tertiary alicyclic amines) is 1. The van der Waals surface area contributed by atoms with E-state index in [2.05, 4.69) is 4.98 Å². The van der Waals surface area contributed by atoms with Crippen molar-refractivity contribution < 1.29 is 19.1 Å². The number of carbonyl (C=O) groups is 2. The largest absolute Gasteiger partial charge is 0.477 e. The van der Waals surface area contributed by atoms with Crippen molar-refractivity contribution in [1.82, 2.24) is 9.88 Å². The van der Waals surface area contributed by atoms with Gasteiger partial charge in [0, 0.05) is 24.7 Å². The summed E-state index contributed by atoms with van der Waals surface area (Å²) in [5, 5.41) is 9.01. The Labute approximate surface area is 133 Å². The molecule has 1 aliphatic rings. The van der Waals surface area contributed by atoms with Crippen LogP contribution in [0, 0.1) is 0 Å². The zero-order valence-electron chi connectivity index (χ0n) is 12.9. The van der Waals surface area contributed by atoms with E-state index in [4.69, 9.17) is 9.52 Å². The number of aryl methyl sites for hydroxylation is 1. The molecular formula is C17H18N2O4. The summed E-state index contributed by atoms with van der Waals surface area (Å²) in [6.45, 7) is 2.65. The third-order valence-corrected chi connectivity index (χ3v) is 4.10. The second-order valence-electron chi connectivity index (χ2n) is 5.55. The Morgan fingerprint density at radius 1 is 1.39 bits per heavy atom. The maximum atomic E-state index is 12.7. The summed E-state index contributed by atoms with van der Waals surface area (Å²) < 4.78 is 5.79. The fourth-order valence-electron chi connectivity index (χ4n) is 2.92. The quantitative estimate of drug-likeness (QED) is 0.938. The molecule has 1 N–H and O–H groups in total. The highest BCUT2D eigenvalue weighted by Gasteiger charge is 2.32. The first-order chi connectivity index (χ1) is 11.1. The van der Waals surface area contributed by atoms with E-state index in [1.165, 1.54) is 12.3 Å². The topological polar surface area (TPSA) is 83.6 Å². The standard InChI is InChI=1S/C17H18N2O4/c1-2-12-5-6-15(23-12)14-4-3-9-19(14)16(20)11-7-8-18-13(10-11)17(21)22/h5-8,10,14H,2-4,9H2,1H3,(H,21,22). The van der Waals surface area contributed by atoms with E-state index in [-0.39, 0.29) is 17.6 Å². The Morgan fingerprint density at radius 2 is 2.22 bits per heavy atom. The molecule has 0 saturated carbocycles. The first kappa shape index (κ1) is 15.3. The molecule has 1 saturated heterocycles. The van der Waals surface area contributed by atoms with Crippen LogP contribution in [0.3, 0.4) is 0 Å². The fourth-order valence-corrected chi connectivity index (χ4v) is 2.92. The maximum Gasteiger partial charge on any atom is 0.354 e. The van der Waals surface area contributed by atoms with Crippen molar-refractivity contribution in [2.75, 3.05) is 6.54 Å². The minimum absolute atomic E-state index is 0.0933. The van der Waals surface area contributed by atoms with Gasteiger partial charge in [-0.2, -0.15) is 0 Å². The van der Waals surface area contributed by atoms with Gasteiger partial charge in [0.2, 0.25) is 0 Å². The third-order valence-electron chi connectivity index (χ3n) is 4.10. The van der Waals surface area contributed by atoms with E-state index in [0.29, 0.717) is 12.1 Å². The van der Waals surface area contributed by atoms with E-state index < -0.39 is 5.97 Å². The lowest BCUT2D eigenvalue weighted by molar-refractivity contribution is 0.0690. The van der Waals surface area contributed by atoms with Gasteiger partial charge >= 0.3 is 5.97 Å². The van der Waals surface area contributed by atoms with E-state index >= 15 is 0 Å². The van der Waals surface area contributed by atoms with Gasteiger partial charge in [-0.05, 0) is 37.1 Å². The van der Waals surface area contributed by atoms with Crippen molar-refractivity contribution in [2.24, 2.45) is 0 Å². The second-order valence-corrected chi connectivity index (χ2v) is 5.55. The predicted octanol–water partition coefficient (Wildman–Crippen LogP) is 2.91. The molecule has 23 heavy (non-hydrogen) atoms. The van der Waals surface area contributed by atoms with Crippen molar-refractivity contribution in [1.29, 1.82) is 0 Å². The molecule has 6 heteroatoms. The lowest BCUT2D eigenvalue weighted by Gasteiger charge is -2.23. The van der Waals surface area contributed by atoms with Gasteiger partial charge in [-0.25, -0.2) is 9.78 Å². The van der Waals surface area contributed by atoms with Crippen LogP contribution < -0.4 is 0 Å². The normalized spacial score (nSPS) is 17.4.